The lowest BCUT2D eigenvalue weighted by Crippen LogP contribution is -2.63. The Bertz CT molecular complexity index is 3120. The molecule has 1 aromatic heterocycles. The molecule has 0 bridgehead atoms. The van der Waals surface area contributed by atoms with Gasteiger partial charge in [0.15, 0.2) is 0 Å². The Morgan fingerprint density at radius 3 is 1.34 bits per heavy atom. The van der Waals surface area contributed by atoms with Gasteiger partial charge in [-0.25, -0.2) is 9.78 Å². The van der Waals surface area contributed by atoms with Crippen LogP contribution in [-0.2, 0) is 78.3 Å². The van der Waals surface area contributed by atoms with Crippen molar-refractivity contribution in [3.8, 4) is 0 Å². The molecule has 0 saturated carbocycles. The number of H-pyrrole nitrogens is 1. The van der Waals surface area contributed by atoms with E-state index in [4.69, 9.17) is 11.5 Å². The van der Waals surface area contributed by atoms with Gasteiger partial charge in [0, 0.05) is 30.6 Å². The van der Waals surface area contributed by atoms with Crippen LogP contribution in [0.15, 0.2) is 12.5 Å². The first-order valence-electron chi connectivity index (χ1n) is 35.5. The number of aromatic nitrogens is 2. The third-order valence-corrected chi connectivity index (χ3v) is 19.2. The van der Waals surface area contributed by atoms with Crippen molar-refractivity contribution in [3.05, 3.63) is 18.2 Å². The first-order chi connectivity index (χ1) is 50.2. The molecule has 107 heavy (non-hydrogen) atoms. The Morgan fingerprint density at radius 1 is 0.514 bits per heavy atom. The highest BCUT2D eigenvalue weighted by atomic mass is 32.2. The van der Waals surface area contributed by atoms with Crippen molar-refractivity contribution in [2.75, 3.05) is 54.9 Å². The van der Waals surface area contributed by atoms with Gasteiger partial charge in [-0.05, 0) is 125 Å². The number of amides is 14. The Hall–Kier alpha value is -7.50. The van der Waals surface area contributed by atoms with Gasteiger partial charge in [-0.2, -0.15) is 47.9 Å². The Labute approximate surface area is 642 Å². The van der Waals surface area contributed by atoms with Crippen LogP contribution in [0.5, 0.6) is 0 Å². The lowest BCUT2D eigenvalue weighted by atomic mass is 10.0. The maximum absolute atomic E-state index is 14.4. The van der Waals surface area contributed by atoms with Crippen LogP contribution in [0.1, 0.15) is 133 Å². The summed E-state index contributed by atoms with van der Waals surface area (Å²) in [7, 11) is 0. The summed E-state index contributed by atoms with van der Waals surface area (Å²) >= 11 is 8.35. The third-order valence-electron chi connectivity index (χ3n) is 16.9. The number of thioether (sulfide) groups is 3. The van der Waals surface area contributed by atoms with Crippen LogP contribution in [0.4, 0.5) is 0 Å². The van der Waals surface area contributed by atoms with Gasteiger partial charge in [0.2, 0.25) is 82.7 Å². The molecule has 14 amide bonds. The molecule has 1 aliphatic heterocycles. The summed E-state index contributed by atoms with van der Waals surface area (Å²) in [5.41, 5.74) is 11.7. The highest BCUT2D eigenvalue weighted by Gasteiger charge is 2.42. The van der Waals surface area contributed by atoms with E-state index in [0.717, 1.165) is 0 Å². The van der Waals surface area contributed by atoms with E-state index in [9.17, 15) is 92.3 Å². The quantitative estimate of drug-likeness (QED) is 0.0275. The average molecular weight is 1590 g/mol. The first-order valence-corrected chi connectivity index (χ1v) is 40.3. The lowest BCUT2D eigenvalue weighted by Gasteiger charge is -2.30. The van der Waals surface area contributed by atoms with E-state index in [2.05, 4.69) is 86.4 Å². The number of aliphatic carboxylic acids is 1. The molecule has 1 aliphatic rings. The molecular formula is C67H115N17O19S4. The predicted octanol–water partition coefficient (Wildman–Crippen LogP) is -4.21. The first kappa shape index (κ1) is 95.6. The number of nitrogens with zero attached hydrogens (tertiary/aromatic N) is 2. The van der Waals surface area contributed by atoms with E-state index in [0.29, 0.717) is 17.9 Å². The van der Waals surface area contributed by atoms with E-state index in [-0.39, 0.29) is 92.9 Å². The van der Waals surface area contributed by atoms with Crippen LogP contribution in [-0.4, -0.2) is 276 Å². The van der Waals surface area contributed by atoms with Crippen molar-refractivity contribution in [3.63, 3.8) is 0 Å². The van der Waals surface area contributed by atoms with E-state index in [1.165, 1.54) is 66.6 Å². The smallest absolute Gasteiger partial charge is 0.326 e. The standard InChI is InChI=1S/C67H115N17O19S4/c1-32(2)23-42(75-60(95)45(27-50(69)88)77-64(99)52(36(9)86)82-54(89)39(68)16-20-105-11)57(92)72-40(17-21-106-12)55(90)80-48(30-104)62(97)81-51(35(7)8)63(98)73-41(18-22-107-13)56(91)83-53(37(10)87)65(100)76-44(26-38-28-70-31-71-38)59(94)74-43(24-33(3)4)58(93)79-47(29-85)61(96)78-46(25-34(5)6)66(101)84-19-14-15-49(84)67(102)103/h28,31-37,39-49,51-53,85-87,104H,14-27,29-30,68H2,1-13H3,(H2,69,88)(H,70,71)(H,72,92)(H,73,98)(H,74,94)(H,75,95)(H,76,100)(H,77,99)(H,78,96)(H,79,93)(H,80,90)(H,81,97)(H,82,89)(H,83,91)(H,102,103)/t36-,37-,39+,40+,41+,42+,43+,44+,45+,46+,47+,48+,49+,51+,52+,53+/m1/s1. The summed E-state index contributed by atoms with van der Waals surface area (Å²) in [4.78, 5) is 214. The van der Waals surface area contributed by atoms with Gasteiger partial charge in [0.05, 0.1) is 37.6 Å². The predicted molar refractivity (Wildman–Crippen MR) is 406 cm³/mol. The third kappa shape index (κ3) is 33.5. The van der Waals surface area contributed by atoms with Gasteiger partial charge in [-0.1, -0.05) is 55.4 Å². The maximum atomic E-state index is 14.4. The normalized spacial score (nSPS) is 17.1. The van der Waals surface area contributed by atoms with Crippen LogP contribution in [0.2, 0.25) is 0 Å². The minimum atomic E-state index is -1.82. The number of hydrogen-bond acceptors (Lipinski definition) is 24. The molecule has 0 aliphatic carbocycles. The zero-order valence-electron chi connectivity index (χ0n) is 63.1. The number of aliphatic hydroxyl groups is 3. The monoisotopic (exact) mass is 1590 g/mol. The number of primary amides is 1. The summed E-state index contributed by atoms with van der Waals surface area (Å²) in [5.74, 6) is -15.1. The van der Waals surface area contributed by atoms with Crippen LogP contribution in [0, 0.1) is 23.7 Å². The minimum absolute atomic E-state index is 0.0188. The summed E-state index contributed by atoms with van der Waals surface area (Å²) in [5, 5.41) is 72.0. The van der Waals surface area contributed by atoms with Gasteiger partial charge >= 0.3 is 5.97 Å². The van der Waals surface area contributed by atoms with Crippen molar-refractivity contribution >= 4 is 137 Å². The Balaban J connectivity index is 2.39. The number of aromatic amines is 1. The summed E-state index contributed by atoms with van der Waals surface area (Å²) in [6, 6.07) is -20.3. The number of hydrogen-bond donors (Lipinski definition) is 20. The van der Waals surface area contributed by atoms with Crippen LogP contribution in [0.3, 0.4) is 0 Å². The number of nitrogens with one attached hydrogen (secondary N) is 13. The molecule has 36 nitrogen and oxygen atoms in total. The summed E-state index contributed by atoms with van der Waals surface area (Å²) in [6.45, 7) is 15.2. The minimum Gasteiger partial charge on any atom is -0.480 e. The van der Waals surface area contributed by atoms with Crippen molar-refractivity contribution < 1.29 is 92.3 Å². The van der Waals surface area contributed by atoms with Crippen LogP contribution >= 0.6 is 47.9 Å². The molecule has 1 aromatic rings. The largest absolute Gasteiger partial charge is 0.480 e. The van der Waals surface area contributed by atoms with Crippen LogP contribution < -0.4 is 75.3 Å². The topological polar surface area (TPSA) is 565 Å². The molecule has 0 radical (unpaired) electrons. The van der Waals surface area contributed by atoms with Crippen molar-refractivity contribution in [1.29, 1.82) is 0 Å². The van der Waals surface area contributed by atoms with Gasteiger partial charge in [-0.15, -0.1) is 0 Å². The van der Waals surface area contributed by atoms with Crippen molar-refractivity contribution in [1.82, 2.24) is 78.7 Å². The number of carboxylic acid groups (broad SMARTS) is 1. The number of carbonyl (C=O) groups is 15. The SMILES string of the molecule is CSCC[C@H](NC(=O)[C@H](CC(C)C)NC(=O)[C@H](CC(N)=O)NC(=O)[C@@H](NC(=O)[C@@H](N)CCSC)[C@@H](C)O)C(=O)N[C@@H](CS)C(=O)N[C@H](C(=O)N[C@@H](CCSC)C(=O)N[C@H](C(=O)N[C@@H](Cc1cnc[nH]1)C(=O)N[C@@H](CC(C)C)C(=O)N[C@@H](CO)C(=O)N[C@@H](CC(C)C)C(=O)N1CCC[C@H]1C(=O)O)[C@@H](C)O)C(C)C. The van der Waals surface area contributed by atoms with Crippen molar-refractivity contribution in [2.24, 2.45) is 35.1 Å². The highest BCUT2D eigenvalue weighted by Crippen LogP contribution is 2.21. The molecular weight excluding hydrogens is 1480 g/mol. The second-order valence-corrected chi connectivity index (χ2v) is 31.2. The fraction of sp³-hybridized carbons (Fsp3) is 0.731. The number of carboxylic acids is 1. The van der Waals surface area contributed by atoms with Crippen LogP contribution in [0.25, 0.3) is 0 Å². The second kappa shape index (κ2) is 48.8. The number of aliphatic hydroxyl groups excluding tert-OH is 3. The van der Waals surface area contributed by atoms with Gasteiger partial charge in [-0.3, -0.25) is 67.1 Å². The molecule has 0 aromatic carbocycles. The van der Waals surface area contributed by atoms with Crippen molar-refractivity contribution in [2.45, 2.75) is 230 Å². The molecule has 1 fully saturated rings. The van der Waals surface area contributed by atoms with Gasteiger partial charge in [0.1, 0.15) is 78.5 Å². The number of nitrogens with two attached hydrogens (primary N) is 2. The summed E-state index contributed by atoms with van der Waals surface area (Å²) < 4.78 is 0. The zero-order chi connectivity index (χ0) is 81.1. The van der Waals surface area contributed by atoms with Gasteiger partial charge < -0.3 is 106 Å². The number of carbonyl (C=O) groups excluding carboxylic acids is 14. The summed E-state index contributed by atoms with van der Waals surface area (Å²) in [6.07, 6.45) is 4.44. The molecule has 16 atom stereocenters. The molecule has 0 spiro atoms. The number of likely N-dealkylation sites (tertiary alicyclic amines) is 1. The molecule has 2 heterocycles. The fourth-order valence-electron chi connectivity index (χ4n) is 11.1. The number of thiol groups is 1. The molecule has 0 unspecified atom stereocenters. The van der Waals surface area contributed by atoms with E-state index >= 15 is 0 Å². The highest BCUT2D eigenvalue weighted by molar-refractivity contribution is 7.99. The molecule has 40 heteroatoms. The second-order valence-electron chi connectivity index (χ2n) is 27.9. The average Bonchev–Trinajstić information content (AvgIpc) is 1.78. The number of imidazole rings is 1. The lowest BCUT2D eigenvalue weighted by molar-refractivity contribution is -0.149. The zero-order valence-corrected chi connectivity index (χ0v) is 66.5. The van der Waals surface area contributed by atoms with Gasteiger partial charge in [0.25, 0.3) is 0 Å². The Kier molecular flexibility index (Phi) is 43.6. The van der Waals surface area contributed by atoms with E-state index in [1.54, 1.807) is 74.2 Å². The van der Waals surface area contributed by atoms with E-state index in [1.807, 2.05) is 0 Å². The molecule has 21 N–H and O–H groups in total. The fourth-order valence-corrected chi connectivity index (χ4v) is 12.8. The molecule has 2 rings (SSSR count). The number of rotatable bonds is 50. The Morgan fingerprint density at radius 2 is 0.888 bits per heavy atom. The van der Waals surface area contributed by atoms with E-state index < -0.39 is 204 Å². The molecule has 1 saturated heterocycles. The molecule has 606 valence electrons. The maximum Gasteiger partial charge on any atom is 0.326 e.